The SMILES string of the molecule is CC1(C)CC2=C(C1=O)[C@]1(C)CCC[C@]1(C)[C@@H]2O. The molecule has 94 valence electrons. The predicted molar refractivity (Wildman–Crippen MR) is 66.5 cm³/mol. The van der Waals surface area contributed by atoms with Crippen LogP contribution in [0.25, 0.3) is 0 Å². The normalized spacial score (nSPS) is 47.6. The van der Waals surface area contributed by atoms with Crippen LogP contribution in [0.4, 0.5) is 0 Å². The molecule has 0 saturated heterocycles. The number of ketones is 1. The fourth-order valence-electron chi connectivity index (χ4n) is 4.57. The van der Waals surface area contributed by atoms with E-state index >= 15 is 0 Å². The van der Waals surface area contributed by atoms with Gasteiger partial charge in [0.05, 0.1) is 6.10 Å². The predicted octanol–water partition coefficient (Wildman–Crippen LogP) is 2.85. The molecule has 1 N–H and O–H groups in total. The van der Waals surface area contributed by atoms with Crippen molar-refractivity contribution in [2.24, 2.45) is 16.2 Å². The summed E-state index contributed by atoms with van der Waals surface area (Å²) in [4.78, 5) is 12.6. The summed E-state index contributed by atoms with van der Waals surface area (Å²) in [6.07, 6.45) is 3.60. The molecule has 1 fully saturated rings. The Morgan fingerprint density at radius 1 is 1.18 bits per heavy atom. The zero-order valence-electron chi connectivity index (χ0n) is 11.3. The molecule has 2 heteroatoms. The van der Waals surface area contributed by atoms with Crippen LogP contribution in [-0.2, 0) is 4.79 Å². The molecule has 0 aliphatic heterocycles. The first-order valence-corrected chi connectivity index (χ1v) is 6.70. The van der Waals surface area contributed by atoms with Crippen LogP contribution in [0.1, 0.15) is 53.4 Å². The monoisotopic (exact) mass is 234 g/mol. The van der Waals surface area contributed by atoms with E-state index in [1.54, 1.807) is 0 Å². The second-order valence-electron chi connectivity index (χ2n) is 7.30. The molecule has 0 aromatic carbocycles. The Morgan fingerprint density at radius 3 is 2.47 bits per heavy atom. The fraction of sp³-hybridized carbons (Fsp3) is 0.800. The Hall–Kier alpha value is -0.630. The maximum absolute atomic E-state index is 12.6. The highest BCUT2D eigenvalue weighted by Gasteiger charge is 2.65. The number of fused-ring (bicyclic) bond motifs is 2. The molecule has 0 bridgehead atoms. The van der Waals surface area contributed by atoms with Crippen LogP contribution in [0.5, 0.6) is 0 Å². The lowest BCUT2D eigenvalue weighted by atomic mass is 9.63. The van der Waals surface area contributed by atoms with Crippen LogP contribution in [-0.4, -0.2) is 17.0 Å². The van der Waals surface area contributed by atoms with Gasteiger partial charge in [0.1, 0.15) is 0 Å². The van der Waals surface area contributed by atoms with Crippen LogP contribution < -0.4 is 0 Å². The van der Waals surface area contributed by atoms with Crippen LogP contribution in [0.2, 0.25) is 0 Å². The van der Waals surface area contributed by atoms with Gasteiger partial charge < -0.3 is 5.11 Å². The van der Waals surface area contributed by atoms with E-state index in [2.05, 4.69) is 13.8 Å². The van der Waals surface area contributed by atoms with Gasteiger partial charge in [0.2, 0.25) is 0 Å². The maximum atomic E-state index is 12.6. The van der Waals surface area contributed by atoms with Crippen molar-refractivity contribution in [2.75, 3.05) is 0 Å². The molecule has 3 aliphatic carbocycles. The first-order chi connectivity index (χ1) is 7.74. The third-order valence-corrected chi connectivity index (χ3v) is 5.91. The summed E-state index contributed by atoms with van der Waals surface area (Å²) in [6.45, 7) is 8.39. The lowest BCUT2D eigenvalue weighted by Gasteiger charge is -2.41. The second-order valence-corrected chi connectivity index (χ2v) is 7.30. The van der Waals surface area contributed by atoms with Gasteiger partial charge in [-0.25, -0.2) is 0 Å². The van der Waals surface area contributed by atoms with Gasteiger partial charge in [-0.15, -0.1) is 0 Å². The summed E-state index contributed by atoms with van der Waals surface area (Å²) in [7, 11) is 0. The molecular weight excluding hydrogens is 212 g/mol. The Labute approximate surface area is 103 Å². The minimum atomic E-state index is -0.393. The second kappa shape index (κ2) is 2.85. The van der Waals surface area contributed by atoms with E-state index in [4.69, 9.17) is 0 Å². The van der Waals surface area contributed by atoms with Crippen molar-refractivity contribution >= 4 is 5.78 Å². The van der Waals surface area contributed by atoms with Gasteiger partial charge in [0.15, 0.2) is 5.78 Å². The molecule has 0 heterocycles. The molecule has 0 amide bonds. The number of carbonyl (C=O) groups is 1. The van der Waals surface area contributed by atoms with E-state index in [-0.39, 0.29) is 16.2 Å². The lowest BCUT2D eigenvalue weighted by Crippen LogP contribution is -2.41. The van der Waals surface area contributed by atoms with Crippen molar-refractivity contribution in [1.82, 2.24) is 0 Å². The van der Waals surface area contributed by atoms with E-state index in [1.165, 1.54) is 0 Å². The van der Waals surface area contributed by atoms with Crippen LogP contribution >= 0.6 is 0 Å². The molecule has 0 unspecified atom stereocenters. The third kappa shape index (κ3) is 1.04. The number of aliphatic hydroxyl groups is 1. The number of rotatable bonds is 0. The molecule has 0 aromatic rings. The topological polar surface area (TPSA) is 37.3 Å². The molecule has 3 atom stereocenters. The Morgan fingerprint density at radius 2 is 1.82 bits per heavy atom. The van der Waals surface area contributed by atoms with Gasteiger partial charge in [-0.3, -0.25) is 4.79 Å². The van der Waals surface area contributed by atoms with E-state index in [0.29, 0.717) is 5.78 Å². The number of carbonyl (C=O) groups excluding carboxylic acids is 1. The van der Waals surface area contributed by atoms with Crippen LogP contribution in [0, 0.1) is 16.2 Å². The number of hydrogen-bond acceptors (Lipinski definition) is 2. The Bertz CT molecular complexity index is 446. The van der Waals surface area contributed by atoms with Crippen molar-refractivity contribution < 1.29 is 9.90 Å². The average Bonchev–Trinajstić information content (AvgIpc) is 2.70. The summed E-state index contributed by atoms with van der Waals surface area (Å²) in [6, 6.07) is 0. The first kappa shape index (κ1) is 11.5. The molecule has 0 radical (unpaired) electrons. The third-order valence-electron chi connectivity index (χ3n) is 5.91. The van der Waals surface area contributed by atoms with Crippen molar-refractivity contribution in [2.45, 2.75) is 59.5 Å². The Kier molecular flexibility index (Phi) is 1.92. The number of hydrogen-bond donors (Lipinski definition) is 1. The molecule has 0 spiro atoms. The van der Waals surface area contributed by atoms with Gasteiger partial charge in [0, 0.05) is 21.8 Å². The van der Waals surface area contributed by atoms with Gasteiger partial charge in [-0.1, -0.05) is 34.1 Å². The molecule has 3 aliphatic rings. The molecule has 17 heavy (non-hydrogen) atoms. The summed E-state index contributed by atoms with van der Waals surface area (Å²) in [5.41, 5.74) is 1.59. The van der Waals surface area contributed by atoms with Crippen molar-refractivity contribution in [3.63, 3.8) is 0 Å². The first-order valence-electron chi connectivity index (χ1n) is 6.70. The average molecular weight is 234 g/mol. The van der Waals surface area contributed by atoms with Gasteiger partial charge in [-0.2, -0.15) is 0 Å². The van der Waals surface area contributed by atoms with Gasteiger partial charge in [0.25, 0.3) is 0 Å². The molecule has 3 rings (SSSR count). The summed E-state index contributed by atoms with van der Waals surface area (Å²) < 4.78 is 0. The molecule has 2 nitrogen and oxygen atoms in total. The lowest BCUT2D eigenvalue weighted by molar-refractivity contribution is -0.124. The standard InChI is InChI=1S/C15H22O2/c1-13(2)8-9-10(12(13)17)14(3)6-5-7-15(14,4)11(9)16/h11,16H,5-8H2,1-4H3/t11-,14+,15-/m1/s1. The number of allylic oxidation sites excluding steroid dienone is 1. The van der Waals surface area contributed by atoms with Crippen molar-refractivity contribution in [3.05, 3.63) is 11.1 Å². The summed E-state index contributed by atoms with van der Waals surface area (Å²) in [5.74, 6) is 0.291. The largest absolute Gasteiger partial charge is 0.388 e. The maximum Gasteiger partial charge on any atom is 0.165 e. The molecule has 1 saturated carbocycles. The van der Waals surface area contributed by atoms with E-state index < -0.39 is 6.10 Å². The summed E-state index contributed by atoms with van der Waals surface area (Å²) in [5, 5.41) is 10.6. The van der Waals surface area contributed by atoms with Crippen LogP contribution in [0.3, 0.4) is 0 Å². The zero-order valence-corrected chi connectivity index (χ0v) is 11.3. The van der Waals surface area contributed by atoms with E-state index in [9.17, 15) is 9.90 Å². The number of Topliss-reactive ketones (excluding diaryl/α,β-unsaturated/α-hetero) is 1. The highest BCUT2D eigenvalue weighted by atomic mass is 16.3. The summed E-state index contributed by atoms with van der Waals surface area (Å²) >= 11 is 0. The minimum absolute atomic E-state index is 0.0768. The van der Waals surface area contributed by atoms with Crippen molar-refractivity contribution in [3.8, 4) is 0 Å². The van der Waals surface area contributed by atoms with Gasteiger partial charge in [-0.05, 0) is 24.8 Å². The van der Waals surface area contributed by atoms with Gasteiger partial charge >= 0.3 is 0 Å². The van der Waals surface area contributed by atoms with E-state index in [0.717, 1.165) is 36.8 Å². The number of aliphatic hydroxyl groups excluding tert-OH is 1. The van der Waals surface area contributed by atoms with E-state index in [1.807, 2.05) is 13.8 Å². The quantitative estimate of drug-likeness (QED) is 0.699. The van der Waals surface area contributed by atoms with Crippen molar-refractivity contribution in [1.29, 1.82) is 0 Å². The zero-order chi connectivity index (χ0) is 12.6. The molecule has 0 aromatic heterocycles. The smallest absolute Gasteiger partial charge is 0.165 e. The highest BCUT2D eigenvalue weighted by Crippen LogP contribution is 2.68. The Balaban J connectivity index is 2.16. The van der Waals surface area contributed by atoms with Crippen LogP contribution in [0.15, 0.2) is 11.1 Å². The fourth-order valence-corrected chi connectivity index (χ4v) is 4.57. The highest BCUT2D eigenvalue weighted by molar-refractivity contribution is 6.05. The molecular formula is C15H22O2. The minimum Gasteiger partial charge on any atom is -0.388 e.